The van der Waals surface area contributed by atoms with E-state index in [0.29, 0.717) is 28.7 Å². The number of H-pyrrole nitrogens is 1. The summed E-state index contributed by atoms with van der Waals surface area (Å²) in [6.45, 7) is 2.52. The van der Waals surface area contributed by atoms with Gasteiger partial charge in [-0.15, -0.1) is 0 Å². The number of benzene rings is 2. The monoisotopic (exact) mass is 384 g/mol. The highest BCUT2D eigenvalue weighted by Gasteiger charge is 2.12. The topological polar surface area (TPSA) is 73.7 Å². The molecule has 3 rings (SSSR count). The molecule has 27 heavy (non-hydrogen) atoms. The highest BCUT2D eigenvalue weighted by molar-refractivity contribution is 7.71. The third kappa shape index (κ3) is 4.01. The van der Waals surface area contributed by atoms with Crippen LogP contribution in [0.15, 0.2) is 47.6 Å². The molecule has 7 nitrogen and oxygen atoms in total. The largest absolute Gasteiger partial charge is 0.493 e. The molecule has 0 aliphatic rings. The summed E-state index contributed by atoms with van der Waals surface area (Å²) in [5.74, 6) is 2.55. The molecule has 0 unspecified atom stereocenters. The zero-order valence-corrected chi connectivity index (χ0v) is 16.1. The van der Waals surface area contributed by atoms with Crippen LogP contribution in [0.5, 0.6) is 17.2 Å². The fourth-order valence-electron chi connectivity index (χ4n) is 2.56. The van der Waals surface area contributed by atoms with E-state index in [4.69, 9.17) is 26.4 Å². The highest BCUT2D eigenvalue weighted by atomic mass is 32.1. The normalized spacial score (nSPS) is 10.9. The quantitative estimate of drug-likeness (QED) is 0.494. The second-order valence-corrected chi connectivity index (χ2v) is 5.84. The smallest absolute Gasteiger partial charge is 0.216 e. The number of para-hydroxylation sites is 1. The fourth-order valence-corrected chi connectivity index (χ4v) is 2.73. The fraction of sp³-hybridized carbons (Fsp3) is 0.211. The maximum atomic E-state index is 5.63. The number of hydrogen-bond donors (Lipinski definition) is 1. The zero-order valence-electron chi connectivity index (χ0n) is 15.3. The minimum atomic E-state index is 0.380. The van der Waals surface area contributed by atoms with Crippen molar-refractivity contribution in [2.75, 3.05) is 20.8 Å². The van der Waals surface area contributed by atoms with Gasteiger partial charge in [0.1, 0.15) is 5.75 Å². The Bertz CT molecular complexity index is 1010. The van der Waals surface area contributed by atoms with Crippen LogP contribution >= 0.6 is 12.2 Å². The van der Waals surface area contributed by atoms with Crippen LogP contribution in [0.1, 0.15) is 12.5 Å². The molecule has 0 amide bonds. The van der Waals surface area contributed by atoms with E-state index >= 15 is 0 Å². The summed E-state index contributed by atoms with van der Waals surface area (Å²) in [5.41, 5.74) is 1.64. The van der Waals surface area contributed by atoms with Gasteiger partial charge in [0, 0.05) is 11.1 Å². The van der Waals surface area contributed by atoms with Gasteiger partial charge in [0.05, 0.1) is 27.0 Å². The van der Waals surface area contributed by atoms with Crippen molar-refractivity contribution in [3.05, 3.63) is 52.8 Å². The molecule has 1 heterocycles. The number of nitrogens with zero attached hydrogens (tertiary/aromatic N) is 3. The first-order chi connectivity index (χ1) is 13.2. The molecular weight excluding hydrogens is 364 g/mol. The zero-order chi connectivity index (χ0) is 19.2. The molecule has 0 bridgehead atoms. The minimum Gasteiger partial charge on any atom is -0.493 e. The van der Waals surface area contributed by atoms with E-state index in [1.165, 1.54) is 0 Å². The summed E-state index contributed by atoms with van der Waals surface area (Å²) in [5, 5.41) is 11.6. The highest BCUT2D eigenvalue weighted by Crippen LogP contribution is 2.31. The minimum absolute atomic E-state index is 0.380. The van der Waals surface area contributed by atoms with Crippen molar-refractivity contribution >= 4 is 18.4 Å². The molecule has 0 saturated heterocycles. The molecule has 0 atom stereocenters. The van der Waals surface area contributed by atoms with Gasteiger partial charge >= 0.3 is 0 Å². The predicted octanol–water partition coefficient (Wildman–Crippen LogP) is 3.91. The van der Waals surface area contributed by atoms with Crippen LogP contribution < -0.4 is 14.2 Å². The van der Waals surface area contributed by atoms with Gasteiger partial charge in [-0.1, -0.05) is 12.1 Å². The number of aromatic nitrogens is 3. The SMILES string of the molecule is CCOc1ccccc1C=Nn1c(-c2ccc(OC)c(OC)c2)n[nH]c1=S. The van der Waals surface area contributed by atoms with Gasteiger partial charge in [-0.2, -0.15) is 14.9 Å². The van der Waals surface area contributed by atoms with E-state index in [2.05, 4.69) is 15.3 Å². The van der Waals surface area contributed by atoms with Crippen LogP contribution in [0, 0.1) is 4.77 Å². The van der Waals surface area contributed by atoms with Gasteiger partial charge < -0.3 is 14.2 Å². The van der Waals surface area contributed by atoms with Crippen LogP contribution in [0.25, 0.3) is 11.4 Å². The second kappa shape index (κ2) is 8.50. The van der Waals surface area contributed by atoms with Crippen molar-refractivity contribution in [3.63, 3.8) is 0 Å². The van der Waals surface area contributed by atoms with E-state index in [-0.39, 0.29) is 0 Å². The van der Waals surface area contributed by atoms with E-state index in [9.17, 15) is 0 Å². The molecule has 3 aromatic rings. The second-order valence-electron chi connectivity index (χ2n) is 5.45. The van der Waals surface area contributed by atoms with E-state index in [1.54, 1.807) is 25.1 Å². The number of nitrogens with one attached hydrogen (secondary N) is 1. The molecule has 1 N–H and O–H groups in total. The Morgan fingerprint density at radius 3 is 2.63 bits per heavy atom. The predicted molar refractivity (Wildman–Crippen MR) is 107 cm³/mol. The Labute approximate surface area is 162 Å². The first kappa shape index (κ1) is 18.7. The molecule has 140 valence electrons. The van der Waals surface area contributed by atoms with Gasteiger partial charge in [-0.25, -0.2) is 5.10 Å². The first-order valence-electron chi connectivity index (χ1n) is 8.34. The lowest BCUT2D eigenvalue weighted by atomic mass is 10.2. The summed E-state index contributed by atoms with van der Waals surface area (Å²) >= 11 is 5.33. The Kier molecular flexibility index (Phi) is 5.87. The molecule has 0 spiro atoms. The van der Waals surface area contributed by atoms with Crippen molar-refractivity contribution < 1.29 is 14.2 Å². The summed E-state index contributed by atoms with van der Waals surface area (Å²) in [6.07, 6.45) is 1.70. The standard InChI is InChI=1S/C19H20N4O3S/c1-4-26-15-8-6-5-7-14(15)12-20-23-18(21-22-19(23)27)13-9-10-16(24-2)17(11-13)25-3/h5-12H,4H2,1-3H3,(H,22,27). The van der Waals surface area contributed by atoms with Crippen LogP contribution in [-0.4, -0.2) is 41.9 Å². The lowest BCUT2D eigenvalue weighted by Gasteiger charge is -2.09. The van der Waals surface area contributed by atoms with E-state index < -0.39 is 0 Å². The summed E-state index contributed by atoms with van der Waals surface area (Å²) in [4.78, 5) is 0. The maximum Gasteiger partial charge on any atom is 0.216 e. The molecule has 0 fully saturated rings. The van der Waals surface area contributed by atoms with E-state index in [1.807, 2.05) is 49.4 Å². The molecule has 8 heteroatoms. The van der Waals surface area contributed by atoms with E-state index in [0.717, 1.165) is 16.9 Å². The summed E-state index contributed by atoms with van der Waals surface area (Å²) in [7, 11) is 3.18. The number of hydrogen-bond acceptors (Lipinski definition) is 6. The van der Waals surface area contributed by atoms with Crippen molar-refractivity contribution in [1.82, 2.24) is 14.9 Å². The Morgan fingerprint density at radius 1 is 1.11 bits per heavy atom. The van der Waals surface area contributed by atoms with Crippen LogP contribution in [0.2, 0.25) is 0 Å². The van der Waals surface area contributed by atoms with Crippen LogP contribution in [0.3, 0.4) is 0 Å². The summed E-state index contributed by atoms with van der Waals surface area (Å²) < 4.78 is 18.2. The van der Waals surface area contributed by atoms with Crippen LogP contribution in [-0.2, 0) is 0 Å². The van der Waals surface area contributed by atoms with Crippen LogP contribution in [0.4, 0.5) is 0 Å². The van der Waals surface area contributed by atoms with Gasteiger partial charge in [0.15, 0.2) is 17.3 Å². The van der Waals surface area contributed by atoms with Gasteiger partial charge in [0.2, 0.25) is 4.77 Å². The summed E-state index contributed by atoms with van der Waals surface area (Å²) in [6, 6.07) is 13.2. The third-order valence-electron chi connectivity index (χ3n) is 3.82. The van der Waals surface area contributed by atoms with Crippen molar-refractivity contribution in [2.45, 2.75) is 6.92 Å². The molecule has 0 aliphatic carbocycles. The molecule has 0 saturated carbocycles. The molecule has 2 aromatic carbocycles. The molecular formula is C19H20N4O3S. The Hall–Kier alpha value is -3.13. The Balaban J connectivity index is 2.00. The maximum absolute atomic E-state index is 5.63. The molecule has 1 aromatic heterocycles. The number of ether oxygens (including phenoxy) is 3. The van der Waals surface area contributed by atoms with Crippen molar-refractivity contribution in [1.29, 1.82) is 0 Å². The van der Waals surface area contributed by atoms with Gasteiger partial charge in [-0.3, -0.25) is 0 Å². The third-order valence-corrected chi connectivity index (χ3v) is 4.09. The van der Waals surface area contributed by atoms with Gasteiger partial charge in [-0.05, 0) is 49.5 Å². The van der Waals surface area contributed by atoms with Gasteiger partial charge in [0.25, 0.3) is 0 Å². The first-order valence-corrected chi connectivity index (χ1v) is 8.74. The average Bonchev–Trinajstić information content (AvgIpc) is 3.07. The lowest BCUT2D eigenvalue weighted by Crippen LogP contribution is -1.99. The molecule has 0 radical (unpaired) electrons. The average molecular weight is 384 g/mol. The lowest BCUT2D eigenvalue weighted by molar-refractivity contribution is 0.340. The number of aromatic amines is 1. The van der Waals surface area contributed by atoms with Crippen molar-refractivity contribution in [2.24, 2.45) is 5.10 Å². The number of rotatable bonds is 7. The molecule has 0 aliphatic heterocycles. The Morgan fingerprint density at radius 2 is 1.89 bits per heavy atom. The number of methoxy groups -OCH3 is 2. The van der Waals surface area contributed by atoms with Crippen molar-refractivity contribution in [3.8, 4) is 28.6 Å².